The highest BCUT2D eigenvalue weighted by molar-refractivity contribution is 7.88. The van der Waals surface area contributed by atoms with Gasteiger partial charge in [-0.1, -0.05) is 24.3 Å². The van der Waals surface area contributed by atoms with Crippen LogP contribution in [-0.4, -0.2) is 33.0 Å². The normalized spacial score (nSPS) is 12.2. The molecular formula is C18H27N5O2S2. The van der Waals surface area contributed by atoms with Gasteiger partial charge >= 0.3 is 0 Å². The molecule has 0 aliphatic rings. The van der Waals surface area contributed by atoms with Crippen molar-refractivity contribution in [3.8, 4) is 0 Å². The number of guanidine groups is 1. The maximum atomic E-state index is 11.6. The predicted molar refractivity (Wildman–Crippen MR) is 111 cm³/mol. The second-order valence-corrected chi connectivity index (χ2v) is 9.28. The minimum absolute atomic E-state index is 0.0230. The summed E-state index contributed by atoms with van der Waals surface area (Å²) in [4.78, 5) is 10.2. The van der Waals surface area contributed by atoms with Crippen molar-refractivity contribution < 1.29 is 8.42 Å². The average Bonchev–Trinajstić information content (AvgIpc) is 2.95. The molecule has 0 bridgehead atoms. The predicted octanol–water partition coefficient (Wildman–Crippen LogP) is 2.06. The minimum atomic E-state index is -3.26. The smallest absolute Gasteiger partial charge is 0.215 e. The van der Waals surface area contributed by atoms with Crippen LogP contribution in [0.2, 0.25) is 0 Å². The van der Waals surface area contributed by atoms with E-state index in [1.54, 1.807) is 11.3 Å². The van der Waals surface area contributed by atoms with Crippen LogP contribution in [0.25, 0.3) is 0 Å². The molecule has 3 N–H and O–H groups in total. The second-order valence-electron chi connectivity index (χ2n) is 6.07. The number of nitrogens with zero attached hydrogens (tertiary/aromatic N) is 2. The quantitative estimate of drug-likeness (QED) is 0.458. The zero-order valence-electron chi connectivity index (χ0n) is 16.2. The van der Waals surface area contributed by atoms with E-state index in [2.05, 4.69) is 25.3 Å². The third-order valence-electron chi connectivity index (χ3n) is 3.87. The van der Waals surface area contributed by atoms with Crippen molar-refractivity contribution in [1.29, 1.82) is 0 Å². The van der Waals surface area contributed by atoms with Crippen molar-refractivity contribution in [2.45, 2.75) is 39.6 Å². The number of hydrogen-bond donors (Lipinski definition) is 3. The number of sulfonamides is 1. The first kappa shape index (κ1) is 21.3. The van der Waals surface area contributed by atoms with Crippen LogP contribution in [0.1, 0.15) is 33.6 Å². The first-order chi connectivity index (χ1) is 12.8. The molecule has 0 saturated heterocycles. The molecular weight excluding hydrogens is 382 g/mol. The highest BCUT2D eigenvalue weighted by Crippen LogP contribution is 2.16. The number of benzene rings is 1. The van der Waals surface area contributed by atoms with Crippen LogP contribution >= 0.6 is 11.3 Å². The molecule has 0 atom stereocenters. The molecule has 0 aliphatic carbocycles. The van der Waals surface area contributed by atoms with E-state index in [-0.39, 0.29) is 5.75 Å². The lowest BCUT2D eigenvalue weighted by molar-refractivity contribution is 0.587. The van der Waals surface area contributed by atoms with Crippen LogP contribution in [0.3, 0.4) is 0 Å². The van der Waals surface area contributed by atoms with Crippen LogP contribution in [0, 0.1) is 13.8 Å². The van der Waals surface area contributed by atoms with Crippen LogP contribution in [0.4, 0.5) is 0 Å². The summed E-state index contributed by atoms with van der Waals surface area (Å²) in [7, 11) is -1.84. The third kappa shape index (κ3) is 6.93. The van der Waals surface area contributed by atoms with Gasteiger partial charge in [-0.25, -0.2) is 23.1 Å². The van der Waals surface area contributed by atoms with Gasteiger partial charge in [0, 0.05) is 11.4 Å². The lowest BCUT2D eigenvalue weighted by Crippen LogP contribution is -2.36. The molecule has 0 fully saturated rings. The van der Waals surface area contributed by atoms with E-state index in [4.69, 9.17) is 0 Å². The molecule has 0 radical (unpaired) electrons. The van der Waals surface area contributed by atoms with E-state index in [1.165, 1.54) is 11.9 Å². The molecule has 0 unspecified atom stereocenters. The summed E-state index contributed by atoms with van der Waals surface area (Å²) >= 11 is 1.69. The summed E-state index contributed by atoms with van der Waals surface area (Å²) < 4.78 is 25.5. The molecule has 0 spiro atoms. The molecule has 1 aromatic heterocycles. The molecule has 0 saturated carbocycles. The topological polar surface area (TPSA) is 95.5 Å². The van der Waals surface area contributed by atoms with Crippen molar-refractivity contribution >= 4 is 27.3 Å². The number of nitrogens with one attached hydrogen (secondary N) is 3. The third-order valence-corrected chi connectivity index (χ3v) is 6.28. The van der Waals surface area contributed by atoms with Gasteiger partial charge in [0.2, 0.25) is 10.0 Å². The summed E-state index contributed by atoms with van der Waals surface area (Å²) in [6.45, 7) is 8.01. The number of hydrogen-bond acceptors (Lipinski definition) is 5. The van der Waals surface area contributed by atoms with Gasteiger partial charge in [-0.05, 0) is 38.9 Å². The standard InChI is InChI=1S/C18H27N5O2S2/c1-5-20-18(22-11-17-13(2)23-14(3)26-17)21-10-15-6-8-16(9-7-15)12-27(24,25)19-4/h6-9,19H,5,10-12H2,1-4H3,(H2,20,21,22). The molecule has 9 heteroatoms. The van der Waals surface area contributed by atoms with Gasteiger partial charge in [-0.3, -0.25) is 0 Å². The van der Waals surface area contributed by atoms with Crippen LogP contribution in [0.5, 0.6) is 0 Å². The Morgan fingerprint density at radius 2 is 1.81 bits per heavy atom. The Bertz CT molecular complexity index is 874. The fourth-order valence-corrected chi connectivity index (χ4v) is 4.10. The van der Waals surface area contributed by atoms with Gasteiger partial charge in [0.1, 0.15) is 0 Å². The van der Waals surface area contributed by atoms with Crippen LogP contribution in [-0.2, 0) is 28.9 Å². The molecule has 0 amide bonds. The maximum absolute atomic E-state index is 11.6. The Hall–Kier alpha value is -1.97. The van der Waals surface area contributed by atoms with Gasteiger partial charge < -0.3 is 10.6 Å². The van der Waals surface area contributed by atoms with E-state index in [9.17, 15) is 8.42 Å². The van der Waals surface area contributed by atoms with E-state index in [0.29, 0.717) is 13.1 Å². The first-order valence-electron chi connectivity index (χ1n) is 8.77. The Kier molecular flexibility index (Phi) is 7.76. The molecule has 27 heavy (non-hydrogen) atoms. The van der Waals surface area contributed by atoms with Gasteiger partial charge in [0.05, 0.1) is 29.5 Å². The highest BCUT2D eigenvalue weighted by atomic mass is 32.2. The van der Waals surface area contributed by atoms with Gasteiger partial charge in [0.15, 0.2) is 5.96 Å². The van der Waals surface area contributed by atoms with Gasteiger partial charge in [0.25, 0.3) is 0 Å². The lowest BCUT2D eigenvalue weighted by Gasteiger charge is -2.11. The summed E-state index contributed by atoms with van der Waals surface area (Å²) in [6, 6.07) is 7.46. The van der Waals surface area contributed by atoms with E-state index in [0.717, 1.165) is 34.3 Å². The van der Waals surface area contributed by atoms with Crippen molar-refractivity contribution in [2.75, 3.05) is 13.6 Å². The van der Waals surface area contributed by atoms with E-state index < -0.39 is 10.0 Å². The number of thiazole rings is 1. The SMILES string of the molecule is CCNC(=NCc1ccc(CS(=O)(=O)NC)cc1)NCc1sc(C)nc1C. The minimum Gasteiger partial charge on any atom is -0.357 e. The first-order valence-corrected chi connectivity index (χ1v) is 11.2. The summed E-state index contributed by atoms with van der Waals surface area (Å²) in [6.07, 6.45) is 0. The van der Waals surface area contributed by atoms with Crippen LogP contribution < -0.4 is 15.4 Å². The largest absolute Gasteiger partial charge is 0.357 e. The Morgan fingerprint density at radius 3 is 2.37 bits per heavy atom. The molecule has 2 rings (SSSR count). The number of aryl methyl sites for hydroxylation is 2. The highest BCUT2D eigenvalue weighted by Gasteiger charge is 2.08. The zero-order chi connectivity index (χ0) is 19.9. The maximum Gasteiger partial charge on any atom is 0.215 e. The monoisotopic (exact) mass is 409 g/mol. The molecule has 7 nitrogen and oxygen atoms in total. The Balaban J connectivity index is 1.98. The number of aromatic nitrogens is 1. The van der Waals surface area contributed by atoms with Crippen LogP contribution in [0.15, 0.2) is 29.3 Å². The molecule has 0 aliphatic heterocycles. The average molecular weight is 410 g/mol. The van der Waals surface area contributed by atoms with Crippen molar-refractivity contribution in [3.05, 3.63) is 51.0 Å². The number of rotatable bonds is 8. The second kappa shape index (κ2) is 9.82. The van der Waals surface area contributed by atoms with Gasteiger partial charge in [-0.15, -0.1) is 11.3 Å². The Morgan fingerprint density at radius 1 is 1.15 bits per heavy atom. The summed E-state index contributed by atoms with van der Waals surface area (Å²) in [5.41, 5.74) is 2.81. The molecule has 2 aromatic rings. The van der Waals surface area contributed by atoms with Crippen molar-refractivity contribution in [3.63, 3.8) is 0 Å². The van der Waals surface area contributed by atoms with E-state index in [1.807, 2.05) is 45.0 Å². The fourth-order valence-electron chi connectivity index (χ4n) is 2.45. The zero-order valence-corrected chi connectivity index (χ0v) is 17.8. The Labute approximate surface area is 165 Å². The fraction of sp³-hybridized carbons (Fsp3) is 0.444. The van der Waals surface area contributed by atoms with E-state index >= 15 is 0 Å². The summed E-state index contributed by atoms with van der Waals surface area (Å²) in [5, 5.41) is 7.63. The number of aliphatic imine (C=N–C) groups is 1. The lowest BCUT2D eigenvalue weighted by atomic mass is 10.1. The summed E-state index contributed by atoms with van der Waals surface area (Å²) in [5.74, 6) is 0.718. The molecule has 148 valence electrons. The van der Waals surface area contributed by atoms with Gasteiger partial charge in [-0.2, -0.15) is 0 Å². The molecule has 1 aromatic carbocycles. The molecule has 1 heterocycles. The van der Waals surface area contributed by atoms with Crippen molar-refractivity contribution in [1.82, 2.24) is 20.3 Å². The van der Waals surface area contributed by atoms with Crippen molar-refractivity contribution in [2.24, 2.45) is 4.99 Å².